The lowest BCUT2D eigenvalue weighted by Gasteiger charge is -2.16. The minimum absolute atomic E-state index is 0.0869. The SMILES string of the molecule is Nc1ncnc2c1ncn2[C@@H]1O[C@H](CO)[C@@H](O)[C@H]1O.O=CC(O)C(O)C(O)CO.O=[PH](O)O[PH](=O)O. The van der Waals surface area contributed by atoms with E-state index in [1.165, 1.54) is 17.2 Å². The van der Waals surface area contributed by atoms with E-state index in [9.17, 15) is 24.1 Å². The summed E-state index contributed by atoms with van der Waals surface area (Å²) in [6, 6.07) is 0. The number of hydrogen-bond donors (Lipinski definition) is 10. The molecule has 0 amide bonds. The standard InChI is InChI=1S/C10H13N5O4.C5H10O5.H4O5P2/c11-8-5-9(13-2-12-8)15(3-14-5)10-7(18)6(17)4(1-16)19-10;6-1-3(8)5(10)4(9)2-7;1-6(2)5-7(3)4/h2-4,6-7,10,16-18H,1H2,(H2,11,12,13);1,3-5,7-10H,2H2;6-7H,(H,1,2)(H,3,4)/t4-,6-,7-,10-;;/m1../s1. The van der Waals surface area contributed by atoms with Crippen molar-refractivity contribution in [2.75, 3.05) is 18.9 Å². The van der Waals surface area contributed by atoms with E-state index in [4.69, 9.17) is 45.8 Å². The molecule has 1 fully saturated rings. The summed E-state index contributed by atoms with van der Waals surface area (Å²) < 4.78 is 29.2. The molecule has 0 radical (unpaired) electrons. The molecule has 0 bridgehead atoms. The lowest BCUT2D eigenvalue weighted by molar-refractivity contribution is -0.127. The number of nitrogen functional groups attached to an aromatic ring is 1. The zero-order valence-electron chi connectivity index (χ0n) is 18.1. The molecule has 11 N–H and O–H groups in total. The van der Waals surface area contributed by atoms with Gasteiger partial charge in [0, 0.05) is 0 Å². The van der Waals surface area contributed by atoms with Crippen molar-refractivity contribution in [2.24, 2.45) is 0 Å². The Labute approximate surface area is 202 Å². The van der Waals surface area contributed by atoms with Gasteiger partial charge in [0.05, 0.1) is 19.5 Å². The third-order valence-electron chi connectivity index (χ3n) is 4.42. The van der Waals surface area contributed by atoms with Crippen LogP contribution in [0.1, 0.15) is 6.23 Å². The Hall–Kier alpha value is -1.96. The highest BCUT2D eigenvalue weighted by Gasteiger charge is 2.44. The Morgan fingerprint density at radius 1 is 1.11 bits per heavy atom. The first kappa shape index (κ1) is 32.1. The van der Waals surface area contributed by atoms with Crippen LogP contribution in [-0.2, 0) is 23.0 Å². The van der Waals surface area contributed by atoms with Crippen LogP contribution in [0.4, 0.5) is 5.82 Å². The summed E-state index contributed by atoms with van der Waals surface area (Å²) in [7, 11) is -6.40. The molecule has 3 rings (SSSR count). The predicted molar refractivity (Wildman–Crippen MR) is 117 cm³/mol. The van der Waals surface area contributed by atoms with E-state index in [1.807, 2.05) is 0 Å². The number of aldehydes is 1. The summed E-state index contributed by atoms with van der Waals surface area (Å²) >= 11 is 0. The van der Waals surface area contributed by atoms with E-state index in [-0.39, 0.29) is 12.1 Å². The number of aliphatic hydroxyl groups excluding tert-OH is 7. The Morgan fingerprint density at radius 2 is 1.72 bits per heavy atom. The number of carbonyl (C=O) groups is 1. The molecule has 9 atom stereocenters. The minimum atomic E-state index is -3.20. The molecule has 1 aliphatic rings. The van der Waals surface area contributed by atoms with Crippen LogP contribution >= 0.6 is 16.5 Å². The number of nitrogens with two attached hydrogens (primary N) is 1. The summed E-state index contributed by atoms with van der Waals surface area (Å²) in [5.74, 6) is 0.218. The maximum atomic E-state index is 9.95. The molecule has 0 aromatic carbocycles. The normalized spacial score (nSPS) is 25.5. The number of carbonyl (C=O) groups excluding carboxylic acids is 1. The van der Waals surface area contributed by atoms with Crippen molar-refractivity contribution in [1.82, 2.24) is 19.5 Å². The van der Waals surface area contributed by atoms with Crippen LogP contribution in [0.5, 0.6) is 0 Å². The fourth-order valence-electron chi connectivity index (χ4n) is 2.66. The number of ether oxygens (including phenoxy) is 1. The Kier molecular flexibility index (Phi) is 13.7. The van der Waals surface area contributed by atoms with Crippen molar-refractivity contribution >= 4 is 39.8 Å². The zero-order chi connectivity index (χ0) is 27.6. The molecule has 1 aliphatic heterocycles. The molecule has 3 heterocycles. The fourth-order valence-corrected chi connectivity index (χ4v) is 3.25. The number of aromatic nitrogens is 4. The highest BCUT2D eigenvalue weighted by atomic mass is 31.2. The number of hydrogen-bond acceptors (Lipinski definition) is 16. The first-order valence-electron chi connectivity index (χ1n) is 9.68. The molecule has 206 valence electrons. The highest BCUT2D eigenvalue weighted by molar-refractivity contribution is 7.46. The van der Waals surface area contributed by atoms with Crippen molar-refractivity contribution in [2.45, 2.75) is 42.9 Å². The molecule has 5 unspecified atom stereocenters. The van der Waals surface area contributed by atoms with Crippen LogP contribution < -0.4 is 5.73 Å². The van der Waals surface area contributed by atoms with E-state index < -0.39 is 72.6 Å². The van der Waals surface area contributed by atoms with Crippen molar-refractivity contribution in [3.63, 3.8) is 0 Å². The van der Waals surface area contributed by atoms with Crippen LogP contribution in [0.3, 0.4) is 0 Å². The molecular weight excluding hydrogens is 536 g/mol. The predicted octanol–water partition coefficient (Wildman–Crippen LogP) is -4.95. The molecule has 2 aromatic rings. The number of imidazole rings is 1. The second-order valence-corrected chi connectivity index (χ2v) is 8.69. The van der Waals surface area contributed by atoms with Crippen LogP contribution in [0.2, 0.25) is 0 Å². The molecule has 0 aliphatic carbocycles. The third kappa shape index (κ3) is 8.86. The van der Waals surface area contributed by atoms with Gasteiger partial charge in [-0.05, 0) is 0 Å². The van der Waals surface area contributed by atoms with Crippen molar-refractivity contribution in [3.05, 3.63) is 12.7 Å². The average Bonchev–Trinajstić information content (AvgIpc) is 3.39. The third-order valence-corrected chi connectivity index (χ3v) is 5.82. The molecule has 1 saturated heterocycles. The van der Waals surface area contributed by atoms with Crippen molar-refractivity contribution in [1.29, 1.82) is 0 Å². The molecular formula is C15H27N5O14P2. The lowest BCUT2D eigenvalue weighted by Crippen LogP contribution is -2.40. The highest BCUT2D eigenvalue weighted by Crippen LogP contribution is 2.32. The molecule has 21 heteroatoms. The molecule has 0 saturated carbocycles. The second kappa shape index (κ2) is 15.3. The van der Waals surface area contributed by atoms with Gasteiger partial charge < -0.3 is 60.8 Å². The first-order chi connectivity index (χ1) is 16.9. The summed E-state index contributed by atoms with van der Waals surface area (Å²) in [5.41, 5.74) is 6.44. The van der Waals surface area contributed by atoms with Gasteiger partial charge in [0.1, 0.15) is 48.5 Å². The lowest BCUT2D eigenvalue weighted by atomic mass is 10.1. The quantitative estimate of drug-likeness (QED) is 0.106. The molecule has 36 heavy (non-hydrogen) atoms. The number of nitrogens with zero attached hydrogens (tertiary/aromatic N) is 4. The van der Waals surface area contributed by atoms with Crippen LogP contribution in [-0.4, -0.2) is 121 Å². The molecule has 2 aromatic heterocycles. The smallest absolute Gasteiger partial charge is 0.323 e. The largest absolute Gasteiger partial charge is 0.394 e. The van der Waals surface area contributed by atoms with Gasteiger partial charge in [-0.2, -0.15) is 0 Å². The van der Waals surface area contributed by atoms with Crippen LogP contribution in [0, 0.1) is 0 Å². The number of fused-ring (bicyclic) bond motifs is 1. The van der Waals surface area contributed by atoms with Gasteiger partial charge in [0.2, 0.25) is 0 Å². The van der Waals surface area contributed by atoms with E-state index in [0.29, 0.717) is 11.2 Å². The van der Waals surface area contributed by atoms with E-state index in [1.54, 1.807) is 0 Å². The number of anilines is 1. The second-order valence-electron chi connectivity index (χ2n) is 6.81. The molecule has 0 spiro atoms. The zero-order valence-corrected chi connectivity index (χ0v) is 20.1. The summed E-state index contributed by atoms with van der Waals surface area (Å²) in [6.45, 7) is -1.08. The Morgan fingerprint density at radius 3 is 2.17 bits per heavy atom. The van der Waals surface area contributed by atoms with Gasteiger partial charge in [-0.25, -0.2) is 19.3 Å². The number of aliphatic hydroxyl groups is 7. The van der Waals surface area contributed by atoms with Gasteiger partial charge in [-0.3, -0.25) is 13.7 Å². The van der Waals surface area contributed by atoms with Crippen molar-refractivity contribution < 1.29 is 68.5 Å². The number of rotatable bonds is 8. The van der Waals surface area contributed by atoms with Crippen LogP contribution in [0.15, 0.2) is 12.7 Å². The first-order valence-corrected chi connectivity index (χ1v) is 12.2. The van der Waals surface area contributed by atoms with Gasteiger partial charge >= 0.3 is 16.5 Å². The summed E-state index contributed by atoms with van der Waals surface area (Å²) in [6.07, 6.45) is -6.05. The monoisotopic (exact) mass is 563 g/mol. The molecule has 19 nitrogen and oxygen atoms in total. The summed E-state index contributed by atoms with van der Waals surface area (Å²) in [4.78, 5) is 37.1. The van der Waals surface area contributed by atoms with Gasteiger partial charge in [-0.15, -0.1) is 0 Å². The topological polar surface area (TPSA) is 321 Å². The van der Waals surface area contributed by atoms with Crippen molar-refractivity contribution in [3.8, 4) is 0 Å². The summed E-state index contributed by atoms with van der Waals surface area (Å²) in [5, 5.41) is 62.8. The van der Waals surface area contributed by atoms with Gasteiger partial charge in [0.25, 0.3) is 0 Å². The van der Waals surface area contributed by atoms with Crippen LogP contribution in [0.25, 0.3) is 11.2 Å². The maximum absolute atomic E-state index is 9.95. The van der Waals surface area contributed by atoms with E-state index in [0.717, 1.165) is 0 Å². The van der Waals surface area contributed by atoms with E-state index >= 15 is 0 Å². The minimum Gasteiger partial charge on any atom is -0.394 e. The average molecular weight is 563 g/mol. The Bertz CT molecular complexity index is 1000. The van der Waals surface area contributed by atoms with Gasteiger partial charge in [0.15, 0.2) is 24.0 Å². The fraction of sp³-hybridized carbons (Fsp3) is 0.600. The Balaban J connectivity index is 0.000000322. The van der Waals surface area contributed by atoms with E-state index in [2.05, 4.69) is 19.3 Å². The van der Waals surface area contributed by atoms with Gasteiger partial charge in [-0.1, -0.05) is 0 Å². The maximum Gasteiger partial charge on any atom is 0.323 e.